The van der Waals surface area contributed by atoms with Crippen LogP contribution in [0.4, 0.5) is 18.9 Å². The molecule has 1 aromatic heterocycles. The van der Waals surface area contributed by atoms with Crippen LogP contribution < -0.4 is 14.8 Å². The van der Waals surface area contributed by atoms with E-state index in [0.717, 1.165) is 35.1 Å². The minimum absolute atomic E-state index is 0.0196. The Morgan fingerprint density at radius 3 is 2.53 bits per heavy atom. The van der Waals surface area contributed by atoms with Crippen LogP contribution in [0.5, 0.6) is 5.75 Å². The summed E-state index contributed by atoms with van der Waals surface area (Å²) in [4.78, 5) is 0.427. The number of benzene rings is 2. The van der Waals surface area contributed by atoms with E-state index in [1.165, 1.54) is 0 Å². The molecule has 0 bridgehead atoms. The Labute approximate surface area is 212 Å². The molecule has 34 heavy (non-hydrogen) atoms. The molecular weight excluding hydrogens is 577 g/mol. The van der Waals surface area contributed by atoms with Crippen LogP contribution in [0.25, 0.3) is 10.4 Å². The van der Waals surface area contributed by atoms with Gasteiger partial charge in [0.2, 0.25) is 0 Å². The lowest BCUT2D eigenvalue weighted by molar-refractivity contribution is -0.139. The van der Waals surface area contributed by atoms with Gasteiger partial charge in [-0.15, -0.1) is 11.3 Å². The molecule has 1 atom stereocenters. The molecule has 1 fully saturated rings. The second kappa shape index (κ2) is 9.34. The first-order chi connectivity index (χ1) is 15.9. The van der Waals surface area contributed by atoms with Crippen molar-refractivity contribution in [1.82, 2.24) is 5.32 Å². The highest BCUT2D eigenvalue weighted by molar-refractivity contribution is 9.10. The number of sulfonamides is 1. The maximum Gasteiger partial charge on any atom is 0.419 e. The van der Waals surface area contributed by atoms with Crippen LogP contribution in [-0.2, 0) is 16.2 Å². The summed E-state index contributed by atoms with van der Waals surface area (Å²) in [6, 6.07) is 12.0. The van der Waals surface area contributed by atoms with Gasteiger partial charge in [-0.1, -0.05) is 41.9 Å². The Morgan fingerprint density at radius 1 is 1.21 bits per heavy atom. The molecule has 12 heteroatoms. The van der Waals surface area contributed by atoms with Crippen molar-refractivity contribution in [1.29, 1.82) is 0 Å². The van der Waals surface area contributed by atoms with Gasteiger partial charge in [0.1, 0.15) is 20.6 Å². The molecule has 2 N–H and O–H groups in total. The zero-order valence-electron chi connectivity index (χ0n) is 17.7. The van der Waals surface area contributed by atoms with E-state index >= 15 is 0 Å². The SMILES string of the molecule is C[C@@]1(Oc2cc(NS(=O)(=O)c3c(Cl)sc(-c4ccccc4)c3Br)ccc2C(F)(F)F)CCNC1. The first kappa shape index (κ1) is 25.3. The lowest BCUT2D eigenvalue weighted by Crippen LogP contribution is -2.35. The molecule has 4 rings (SSSR count). The molecule has 0 spiro atoms. The molecule has 2 aromatic carbocycles. The van der Waals surface area contributed by atoms with E-state index in [0.29, 0.717) is 24.4 Å². The van der Waals surface area contributed by atoms with Crippen molar-refractivity contribution in [3.63, 3.8) is 0 Å². The van der Waals surface area contributed by atoms with E-state index in [2.05, 4.69) is 26.0 Å². The van der Waals surface area contributed by atoms with Crippen LogP contribution in [0.3, 0.4) is 0 Å². The highest BCUT2D eigenvalue weighted by Gasteiger charge is 2.38. The fourth-order valence-electron chi connectivity index (χ4n) is 3.63. The van der Waals surface area contributed by atoms with Crippen LogP contribution >= 0.6 is 38.9 Å². The molecule has 5 nitrogen and oxygen atoms in total. The Balaban J connectivity index is 1.70. The monoisotopic (exact) mass is 594 g/mol. The molecule has 0 saturated carbocycles. The first-order valence-electron chi connectivity index (χ1n) is 10.1. The minimum Gasteiger partial charge on any atom is -0.485 e. The van der Waals surface area contributed by atoms with E-state index < -0.39 is 33.1 Å². The van der Waals surface area contributed by atoms with E-state index in [4.69, 9.17) is 16.3 Å². The third-order valence-corrected chi connectivity index (χ3v) is 9.76. The van der Waals surface area contributed by atoms with E-state index in [9.17, 15) is 21.6 Å². The predicted octanol–water partition coefficient (Wildman–Crippen LogP) is 6.78. The third kappa shape index (κ3) is 5.23. The van der Waals surface area contributed by atoms with Crippen LogP contribution in [0, 0.1) is 0 Å². The summed E-state index contributed by atoms with van der Waals surface area (Å²) in [5, 5.41) is 3.06. The number of ether oxygens (including phenoxy) is 1. The van der Waals surface area contributed by atoms with Gasteiger partial charge in [-0.05, 0) is 47.1 Å². The molecule has 1 aliphatic heterocycles. The molecular formula is C22H19BrClF3N2O3S2. The highest BCUT2D eigenvalue weighted by Crippen LogP contribution is 2.46. The minimum atomic E-state index is -4.67. The zero-order chi connectivity index (χ0) is 24.7. The number of halogens is 5. The average molecular weight is 596 g/mol. The standard InChI is InChI=1S/C22H19BrClF3N2O3S2/c1-21(9-10-28-12-21)32-16-11-14(7-8-15(16)22(25,26)27)29-34(30,31)19-17(23)18(33-20(19)24)13-5-3-2-4-6-13/h2-8,11,28-29H,9-10,12H2,1H3/t21-/m1/s1. The smallest absolute Gasteiger partial charge is 0.419 e. The molecule has 0 radical (unpaired) electrons. The third-order valence-electron chi connectivity index (χ3n) is 5.30. The fraction of sp³-hybridized carbons (Fsp3) is 0.273. The summed E-state index contributed by atoms with van der Waals surface area (Å²) >= 11 is 10.7. The van der Waals surface area contributed by atoms with Crippen molar-refractivity contribution >= 4 is 54.6 Å². The quantitative estimate of drug-likeness (QED) is 0.330. The molecule has 0 amide bonds. The van der Waals surface area contributed by atoms with Crippen molar-refractivity contribution in [3.05, 3.63) is 62.9 Å². The normalized spacial score (nSPS) is 18.8. The summed E-state index contributed by atoms with van der Waals surface area (Å²) in [5.41, 5.74) is -1.13. The summed E-state index contributed by atoms with van der Waals surface area (Å²) < 4.78 is 75.5. The number of nitrogens with one attached hydrogen (secondary N) is 2. The number of rotatable bonds is 6. The number of hydrogen-bond acceptors (Lipinski definition) is 5. The number of thiophene rings is 1. The van der Waals surface area contributed by atoms with Crippen molar-refractivity contribution in [2.24, 2.45) is 0 Å². The largest absolute Gasteiger partial charge is 0.485 e. The maximum atomic E-state index is 13.6. The van der Waals surface area contributed by atoms with Crippen LogP contribution in [0.15, 0.2) is 57.9 Å². The van der Waals surface area contributed by atoms with Gasteiger partial charge in [-0.3, -0.25) is 4.72 Å². The van der Waals surface area contributed by atoms with Gasteiger partial charge in [0.15, 0.2) is 0 Å². The average Bonchev–Trinajstić information content (AvgIpc) is 3.30. The lowest BCUT2D eigenvalue weighted by atomic mass is 10.1. The first-order valence-corrected chi connectivity index (χ1v) is 13.5. The molecule has 0 aliphatic carbocycles. The van der Waals surface area contributed by atoms with Gasteiger partial charge < -0.3 is 10.1 Å². The van der Waals surface area contributed by atoms with Gasteiger partial charge in [0, 0.05) is 19.0 Å². The second-order valence-corrected chi connectivity index (χ2v) is 12.0. The lowest BCUT2D eigenvalue weighted by Gasteiger charge is -2.27. The van der Waals surface area contributed by atoms with Gasteiger partial charge in [0.05, 0.1) is 20.6 Å². The second-order valence-electron chi connectivity index (χ2n) is 8.01. The van der Waals surface area contributed by atoms with Crippen molar-refractivity contribution in [3.8, 4) is 16.2 Å². The van der Waals surface area contributed by atoms with Gasteiger partial charge >= 0.3 is 6.18 Å². The van der Waals surface area contributed by atoms with Crippen molar-refractivity contribution < 1.29 is 26.3 Å². The fourth-order valence-corrected chi connectivity index (χ4v) is 8.24. The highest BCUT2D eigenvalue weighted by atomic mass is 79.9. The zero-order valence-corrected chi connectivity index (χ0v) is 21.6. The molecule has 2 heterocycles. The van der Waals surface area contributed by atoms with E-state index in [1.807, 2.05) is 30.3 Å². The molecule has 0 unspecified atom stereocenters. The number of anilines is 1. The Kier molecular flexibility index (Phi) is 6.96. The summed E-state index contributed by atoms with van der Waals surface area (Å²) in [6.07, 6.45) is -4.15. The van der Waals surface area contributed by atoms with Crippen molar-refractivity contribution in [2.45, 2.75) is 30.0 Å². The summed E-state index contributed by atoms with van der Waals surface area (Å²) in [5.74, 6) is -0.445. The summed E-state index contributed by atoms with van der Waals surface area (Å²) in [6.45, 7) is 2.69. The topological polar surface area (TPSA) is 67.4 Å². The maximum absolute atomic E-state index is 13.6. The Bertz CT molecular complexity index is 1310. The van der Waals surface area contributed by atoms with E-state index in [-0.39, 0.29) is 19.4 Å². The predicted molar refractivity (Wildman–Crippen MR) is 131 cm³/mol. The number of alkyl halides is 3. The Morgan fingerprint density at radius 2 is 1.91 bits per heavy atom. The van der Waals surface area contributed by atoms with Gasteiger partial charge in [0.25, 0.3) is 10.0 Å². The summed E-state index contributed by atoms with van der Waals surface area (Å²) in [7, 11) is -4.24. The molecule has 182 valence electrons. The van der Waals surface area contributed by atoms with E-state index in [1.54, 1.807) is 6.92 Å². The van der Waals surface area contributed by atoms with Crippen LogP contribution in [0.1, 0.15) is 18.9 Å². The molecule has 1 saturated heterocycles. The van der Waals surface area contributed by atoms with Crippen LogP contribution in [-0.4, -0.2) is 27.1 Å². The Hall–Kier alpha value is -1.79. The molecule has 3 aromatic rings. The van der Waals surface area contributed by atoms with Gasteiger partial charge in [-0.2, -0.15) is 13.2 Å². The van der Waals surface area contributed by atoms with Crippen molar-refractivity contribution in [2.75, 3.05) is 17.8 Å². The van der Waals surface area contributed by atoms with Gasteiger partial charge in [-0.25, -0.2) is 8.42 Å². The number of hydrogen-bond donors (Lipinski definition) is 2. The molecule has 1 aliphatic rings. The van der Waals surface area contributed by atoms with Crippen LogP contribution in [0.2, 0.25) is 4.34 Å².